The molecule has 1 saturated heterocycles. The number of aryl methyl sites for hydroxylation is 1. The van der Waals surface area contributed by atoms with Crippen LogP contribution in [0.1, 0.15) is 48.8 Å². The molecule has 1 N–H and O–H groups in total. The summed E-state index contributed by atoms with van der Waals surface area (Å²) in [5.74, 6) is -0.148. The summed E-state index contributed by atoms with van der Waals surface area (Å²) in [6.45, 7) is 2.41. The zero-order valence-electron chi connectivity index (χ0n) is 19.2. The number of urea groups is 1. The third-order valence-corrected chi connectivity index (χ3v) is 6.90. The number of benzene rings is 2. The number of nitrogens with one attached hydrogen (secondary N) is 1. The number of amides is 4. The van der Waals surface area contributed by atoms with E-state index in [1.54, 1.807) is 13.2 Å². The van der Waals surface area contributed by atoms with E-state index in [9.17, 15) is 14.4 Å². The lowest BCUT2D eigenvalue weighted by molar-refractivity contribution is -0.132. The Hall–Kier alpha value is -2.88. The topological polar surface area (TPSA) is 84.9 Å². The molecule has 0 radical (unpaired) electrons. The molecule has 0 aromatic heterocycles. The van der Waals surface area contributed by atoms with Crippen molar-refractivity contribution < 1.29 is 23.9 Å². The number of nitrogens with zero attached hydrogens (tertiary/aromatic N) is 1. The van der Waals surface area contributed by atoms with Gasteiger partial charge in [-0.15, -0.1) is 0 Å². The number of ether oxygens (including phenoxy) is 2. The molecule has 4 amide bonds. The number of methoxy groups -OCH3 is 1. The fourth-order valence-corrected chi connectivity index (χ4v) is 5.21. The molecule has 8 heteroatoms. The van der Waals surface area contributed by atoms with Gasteiger partial charge >= 0.3 is 6.03 Å². The first-order valence-corrected chi connectivity index (χ1v) is 12.4. The highest BCUT2D eigenvalue weighted by Gasteiger charge is 2.40. The van der Waals surface area contributed by atoms with Crippen molar-refractivity contribution in [3.05, 3.63) is 62.2 Å². The van der Waals surface area contributed by atoms with Crippen molar-refractivity contribution in [1.29, 1.82) is 0 Å². The van der Waals surface area contributed by atoms with Gasteiger partial charge in [-0.1, -0.05) is 49.1 Å². The van der Waals surface area contributed by atoms with Crippen molar-refractivity contribution >= 4 is 46.5 Å². The van der Waals surface area contributed by atoms with Crippen LogP contribution in [0.15, 0.2) is 42.0 Å². The normalized spacial score (nSPS) is 18.3. The van der Waals surface area contributed by atoms with Crippen molar-refractivity contribution in [1.82, 2.24) is 10.2 Å². The fourth-order valence-electron chi connectivity index (χ4n) is 4.43. The second kappa shape index (κ2) is 10.6. The van der Waals surface area contributed by atoms with Crippen LogP contribution in [0.2, 0.25) is 0 Å². The smallest absolute Gasteiger partial charge is 0.331 e. The lowest BCUT2D eigenvalue weighted by Crippen LogP contribution is -2.58. The van der Waals surface area contributed by atoms with Crippen molar-refractivity contribution in [3.8, 4) is 11.5 Å². The molecule has 2 aromatic rings. The Labute approximate surface area is 212 Å². The number of hydrogen-bond acceptors (Lipinski definition) is 5. The van der Waals surface area contributed by atoms with E-state index < -0.39 is 17.8 Å². The number of hydrogen-bond donors (Lipinski definition) is 1. The van der Waals surface area contributed by atoms with Gasteiger partial charge in [0.15, 0.2) is 11.5 Å². The Morgan fingerprint density at radius 1 is 1.12 bits per heavy atom. The van der Waals surface area contributed by atoms with Gasteiger partial charge in [-0.2, -0.15) is 0 Å². The molecular formula is C26H27IN2O5. The number of imide groups is 2. The second-order valence-corrected chi connectivity index (χ2v) is 9.76. The largest absolute Gasteiger partial charge is 0.493 e. The maximum Gasteiger partial charge on any atom is 0.331 e. The van der Waals surface area contributed by atoms with Crippen LogP contribution in [-0.4, -0.2) is 35.9 Å². The van der Waals surface area contributed by atoms with Crippen LogP contribution in [0, 0.1) is 10.5 Å². The van der Waals surface area contributed by atoms with Gasteiger partial charge in [0.2, 0.25) is 0 Å². The third-order valence-electron chi connectivity index (χ3n) is 6.10. The molecule has 0 bridgehead atoms. The zero-order valence-corrected chi connectivity index (χ0v) is 21.4. The zero-order chi connectivity index (χ0) is 24.2. The summed E-state index contributed by atoms with van der Waals surface area (Å²) in [7, 11) is 1.55. The van der Waals surface area contributed by atoms with Crippen LogP contribution < -0.4 is 14.8 Å². The van der Waals surface area contributed by atoms with Gasteiger partial charge in [0, 0.05) is 6.04 Å². The summed E-state index contributed by atoms with van der Waals surface area (Å²) in [5, 5.41) is 2.33. The fraction of sp³-hybridized carbons (Fsp3) is 0.346. The average molecular weight is 574 g/mol. The van der Waals surface area contributed by atoms with Gasteiger partial charge in [0.1, 0.15) is 12.2 Å². The Balaban J connectivity index is 1.59. The predicted octanol–water partition coefficient (Wildman–Crippen LogP) is 4.98. The molecule has 2 aliphatic rings. The Bertz CT molecular complexity index is 1150. The maximum absolute atomic E-state index is 13.2. The molecular weight excluding hydrogens is 547 g/mol. The van der Waals surface area contributed by atoms with E-state index in [2.05, 4.69) is 34.0 Å². The monoisotopic (exact) mass is 574 g/mol. The molecule has 1 heterocycles. The molecule has 178 valence electrons. The van der Waals surface area contributed by atoms with E-state index in [-0.39, 0.29) is 11.6 Å². The van der Waals surface area contributed by atoms with Crippen molar-refractivity contribution in [2.45, 2.75) is 51.7 Å². The molecule has 2 aromatic carbocycles. The summed E-state index contributed by atoms with van der Waals surface area (Å²) < 4.78 is 12.4. The number of rotatable bonds is 6. The molecule has 2 fully saturated rings. The molecule has 0 spiro atoms. The van der Waals surface area contributed by atoms with E-state index >= 15 is 0 Å². The summed E-state index contributed by atoms with van der Waals surface area (Å²) in [4.78, 5) is 39.3. The lowest BCUT2D eigenvalue weighted by Gasteiger charge is -2.35. The molecule has 7 nitrogen and oxygen atoms in total. The van der Waals surface area contributed by atoms with Crippen LogP contribution in [0.4, 0.5) is 4.79 Å². The SMILES string of the molecule is COc1cc(C=C2C(=O)NC(=O)N(C3CCCCC3)C2=O)cc(I)c1OCc1cccc(C)c1. The molecule has 1 saturated carbocycles. The highest BCUT2D eigenvalue weighted by molar-refractivity contribution is 14.1. The number of halogens is 1. The summed E-state index contributed by atoms with van der Waals surface area (Å²) in [5.41, 5.74) is 2.75. The third kappa shape index (κ3) is 5.27. The second-order valence-electron chi connectivity index (χ2n) is 8.60. The first-order valence-electron chi connectivity index (χ1n) is 11.3. The van der Waals surface area contributed by atoms with E-state index in [1.807, 2.05) is 31.2 Å². The van der Waals surface area contributed by atoms with Crippen molar-refractivity contribution in [2.24, 2.45) is 0 Å². The molecule has 0 unspecified atom stereocenters. The van der Waals surface area contributed by atoms with Gasteiger partial charge in [0.25, 0.3) is 11.8 Å². The Kier molecular flexibility index (Phi) is 7.55. The average Bonchev–Trinajstić information content (AvgIpc) is 2.81. The van der Waals surface area contributed by atoms with Gasteiger partial charge in [0.05, 0.1) is 10.7 Å². The summed E-state index contributed by atoms with van der Waals surface area (Å²) >= 11 is 2.15. The van der Waals surface area contributed by atoms with E-state index in [0.717, 1.165) is 46.8 Å². The molecule has 1 aliphatic heterocycles. The lowest BCUT2D eigenvalue weighted by atomic mass is 9.93. The Morgan fingerprint density at radius 3 is 2.59 bits per heavy atom. The quantitative estimate of drug-likeness (QED) is 0.299. The molecule has 34 heavy (non-hydrogen) atoms. The van der Waals surface area contributed by atoms with E-state index in [4.69, 9.17) is 9.47 Å². The Morgan fingerprint density at radius 2 is 1.88 bits per heavy atom. The van der Waals surface area contributed by atoms with E-state index in [1.165, 1.54) is 11.0 Å². The molecule has 1 aliphatic carbocycles. The minimum Gasteiger partial charge on any atom is -0.493 e. The van der Waals surface area contributed by atoms with Crippen molar-refractivity contribution in [2.75, 3.05) is 7.11 Å². The van der Waals surface area contributed by atoms with Crippen molar-refractivity contribution in [3.63, 3.8) is 0 Å². The number of carbonyl (C=O) groups excluding carboxylic acids is 3. The van der Waals surface area contributed by atoms with Gasteiger partial charge in [-0.25, -0.2) is 4.79 Å². The van der Waals surface area contributed by atoms with E-state index in [0.29, 0.717) is 23.7 Å². The molecule has 4 rings (SSSR count). The van der Waals surface area contributed by atoms with Gasteiger partial charge in [-0.05, 0) is 71.7 Å². The van der Waals surface area contributed by atoms with Gasteiger partial charge < -0.3 is 9.47 Å². The summed E-state index contributed by atoms with van der Waals surface area (Å²) in [6.07, 6.45) is 6.06. The number of carbonyl (C=O) groups is 3. The predicted molar refractivity (Wildman–Crippen MR) is 136 cm³/mol. The number of barbiturate groups is 1. The standard InChI is InChI=1S/C26H27IN2O5/c1-16-7-6-8-17(11-16)15-34-23-21(27)13-18(14-22(23)33-2)12-20-24(30)28-26(32)29(25(20)31)19-9-4-3-5-10-19/h6-8,11-14,19H,3-5,9-10,15H2,1-2H3,(H,28,30,32). The molecule has 0 atom stereocenters. The van der Waals surface area contributed by atoms with Crippen LogP contribution in [-0.2, 0) is 16.2 Å². The minimum atomic E-state index is -0.684. The first kappa shape index (κ1) is 24.3. The highest BCUT2D eigenvalue weighted by Crippen LogP contribution is 2.36. The van der Waals surface area contributed by atoms with Crippen LogP contribution >= 0.6 is 22.6 Å². The maximum atomic E-state index is 13.2. The minimum absolute atomic E-state index is 0.0588. The van der Waals surface area contributed by atoms with Crippen LogP contribution in [0.25, 0.3) is 6.08 Å². The highest BCUT2D eigenvalue weighted by atomic mass is 127. The van der Waals surface area contributed by atoms with Crippen LogP contribution in [0.3, 0.4) is 0 Å². The first-order chi connectivity index (χ1) is 16.4. The van der Waals surface area contributed by atoms with Crippen LogP contribution in [0.5, 0.6) is 11.5 Å². The summed E-state index contributed by atoms with van der Waals surface area (Å²) in [6, 6.07) is 10.8. The van der Waals surface area contributed by atoms with Gasteiger partial charge in [-0.3, -0.25) is 19.8 Å².